The zero-order chi connectivity index (χ0) is 27.6. The molecule has 2 saturated heterocycles. The molecule has 2 fully saturated rings. The number of anilines is 2. The van der Waals surface area contributed by atoms with Crippen LogP contribution in [-0.2, 0) is 6.42 Å². The van der Waals surface area contributed by atoms with Crippen LogP contribution in [0, 0.1) is 0 Å². The molecule has 0 aliphatic carbocycles. The lowest BCUT2D eigenvalue weighted by Crippen LogP contribution is -2.33. The topological polar surface area (TPSA) is 46.8 Å². The van der Waals surface area contributed by atoms with Gasteiger partial charge in [-0.25, -0.2) is 9.98 Å². The highest BCUT2D eigenvalue weighted by Crippen LogP contribution is 2.33. The number of likely N-dealkylation sites (tertiary alicyclic amines) is 1. The fraction of sp³-hybridized carbons (Fsp3) is 0.545. The standard InChI is InChI=1S/C33H47IN6/c1-3-20-38(2)21-7-4-6-10-27-11-14-29(15-12-27)40-26-31(40)33-34-18-17-30(37-33)28-13-16-32(36-25-28)35-19-24-39-22-8-5-9-23-39/h11-18,25,31H,3-10,19-24,26H2,1-2H3,(H,35,36). The molecule has 3 aliphatic rings. The van der Waals surface area contributed by atoms with Crippen LogP contribution in [0.1, 0.15) is 63.0 Å². The molecule has 0 amide bonds. The maximum atomic E-state index is 5.13. The van der Waals surface area contributed by atoms with E-state index in [2.05, 4.69) is 85.5 Å². The second-order valence-electron chi connectivity index (χ2n) is 11.4. The molecule has 3 aliphatic heterocycles. The molecule has 1 aromatic heterocycles. The van der Waals surface area contributed by atoms with Gasteiger partial charge < -0.3 is 20.0 Å². The van der Waals surface area contributed by atoms with Gasteiger partial charge in [0, 0.05) is 37.1 Å². The fourth-order valence-electron chi connectivity index (χ4n) is 5.68. The molecule has 0 saturated carbocycles. The third-order valence-corrected chi connectivity index (χ3v) is 10.4. The van der Waals surface area contributed by atoms with Crippen molar-refractivity contribution in [3.63, 3.8) is 0 Å². The molecular formula is C33H47IN6. The van der Waals surface area contributed by atoms with Crippen LogP contribution in [0.25, 0.3) is 0 Å². The Kier molecular flexibility index (Phi) is 11.2. The van der Waals surface area contributed by atoms with Crippen molar-refractivity contribution in [1.29, 1.82) is 0 Å². The SMILES string of the molecule is CCCN(C)CCCCCc1ccc(N2CC2C2=IC=CC(c3ccc(NCCN4CCCCC4)nc3)=N2)cc1. The van der Waals surface area contributed by atoms with Gasteiger partial charge in [0.25, 0.3) is 0 Å². The minimum Gasteiger partial charge on any atom is -0.369 e. The Labute approximate surface area is 251 Å². The minimum absolute atomic E-state index is 0.149. The third-order valence-electron chi connectivity index (χ3n) is 8.13. The Balaban J connectivity index is 1.06. The maximum absolute atomic E-state index is 5.13. The van der Waals surface area contributed by atoms with Crippen LogP contribution in [0.2, 0.25) is 0 Å². The van der Waals surface area contributed by atoms with Crippen molar-refractivity contribution in [1.82, 2.24) is 14.8 Å². The number of pyridine rings is 1. The van der Waals surface area contributed by atoms with E-state index in [1.807, 2.05) is 6.20 Å². The number of aromatic nitrogens is 1. The third kappa shape index (κ3) is 8.70. The first kappa shape index (κ1) is 29.4. The summed E-state index contributed by atoms with van der Waals surface area (Å²) < 4.78 is 3.73. The fourth-order valence-corrected chi connectivity index (χ4v) is 7.92. The molecule has 0 spiro atoms. The molecule has 4 heterocycles. The van der Waals surface area contributed by atoms with Gasteiger partial charge in [-0.05, 0) is 112 Å². The highest BCUT2D eigenvalue weighted by atomic mass is 127. The summed E-state index contributed by atoms with van der Waals surface area (Å²) in [5.41, 5.74) is 4.95. The molecule has 216 valence electrons. The molecule has 1 N–H and O–H groups in total. The van der Waals surface area contributed by atoms with Gasteiger partial charge >= 0.3 is 0 Å². The first-order valence-electron chi connectivity index (χ1n) is 15.4. The summed E-state index contributed by atoms with van der Waals surface area (Å²) in [5, 5.41) is 3.49. The number of nitrogens with one attached hydrogen (secondary N) is 1. The number of hydrogen-bond acceptors (Lipinski definition) is 6. The number of allylic oxidation sites excluding steroid dienone is 1. The summed E-state index contributed by atoms with van der Waals surface area (Å²) in [4.78, 5) is 17.3. The zero-order valence-corrected chi connectivity index (χ0v) is 26.7. The van der Waals surface area contributed by atoms with Crippen molar-refractivity contribution in [2.75, 3.05) is 63.1 Å². The molecule has 5 rings (SSSR count). The number of unbranched alkanes of at least 4 members (excludes halogenated alkanes) is 2. The van der Waals surface area contributed by atoms with Crippen molar-refractivity contribution in [3.05, 3.63) is 63.9 Å². The molecule has 7 heteroatoms. The van der Waals surface area contributed by atoms with E-state index in [0.717, 1.165) is 36.7 Å². The highest BCUT2D eigenvalue weighted by Gasteiger charge is 2.38. The number of benzene rings is 1. The van der Waals surface area contributed by atoms with E-state index in [-0.39, 0.29) is 20.7 Å². The summed E-state index contributed by atoms with van der Waals surface area (Å²) in [6.07, 6.45) is 14.6. The van der Waals surface area contributed by atoms with Gasteiger partial charge in [-0.15, -0.1) is 0 Å². The largest absolute Gasteiger partial charge is 0.369 e. The first-order valence-corrected chi connectivity index (χ1v) is 17.7. The first-order chi connectivity index (χ1) is 19.7. The van der Waals surface area contributed by atoms with E-state index in [4.69, 9.17) is 4.99 Å². The van der Waals surface area contributed by atoms with Gasteiger partial charge in [0.1, 0.15) is 5.82 Å². The average molecular weight is 655 g/mol. The number of hydrogen-bond donors (Lipinski definition) is 1. The second kappa shape index (κ2) is 15.2. The molecule has 1 atom stereocenters. The maximum Gasteiger partial charge on any atom is 0.125 e. The molecule has 1 unspecified atom stereocenters. The monoisotopic (exact) mass is 654 g/mol. The van der Waals surface area contributed by atoms with Gasteiger partial charge in [0.05, 0.1) is 15.4 Å². The zero-order valence-electron chi connectivity index (χ0n) is 24.5. The second-order valence-corrected chi connectivity index (χ2v) is 13.9. The van der Waals surface area contributed by atoms with Crippen LogP contribution in [0.3, 0.4) is 0 Å². The Bertz CT molecular complexity index is 1150. The number of aryl methyl sites for hydroxylation is 1. The molecule has 40 heavy (non-hydrogen) atoms. The summed E-state index contributed by atoms with van der Waals surface area (Å²) in [7, 11) is 2.24. The van der Waals surface area contributed by atoms with Crippen molar-refractivity contribution < 1.29 is 0 Å². The van der Waals surface area contributed by atoms with E-state index in [0.29, 0.717) is 6.04 Å². The van der Waals surface area contributed by atoms with Crippen molar-refractivity contribution in [2.45, 2.75) is 64.3 Å². The number of rotatable bonds is 15. The normalized spacial score (nSPS) is 19.3. The van der Waals surface area contributed by atoms with Crippen LogP contribution < -0.4 is 10.2 Å². The predicted molar refractivity (Wildman–Crippen MR) is 181 cm³/mol. The molecule has 1 aromatic carbocycles. The summed E-state index contributed by atoms with van der Waals surface area (Å²) >= 11 is -0.149. The number of halogens is 1. The van der Waals surface area contributed by atoms with Gasteiger partial charge in [0.15, 0.2) is 0 Å². The Morgan fingerprint density at radius 2 is 1.85 bits per heavy atom. The lowest BCUT2D eigenvalue weighted by molar-refractivity contribution is 0.237. The van der Waals surface area contributed by atoms with Crippen LogP contribution >= 0.6 is 20.7 Å². The summed E-state index contributed by atoms with van der Waals surface area (Å²) in [5.74, 6) is 0.953. The molecule has 6 nitrogen and oxygen atoms in total. The van der Waals surface area contributed by atoms with Crippen LogP contribution in [0.4, 0.5) is 11.5 Å². The number of piperidine rings is 1. The van der Waals surface area contributed by atoms with Crippen LogP contribution in [-0.4, -0.2) is 83.0 Å². The van der Waals surface area contributed by atoms with Crippen molar-refractivity contribution in [2.24, 2.45) is 4.99 Å². The summed E-state index contributed by atoms with van der Waals surface area (Å²) in [6.45, 7) is 10.3. The Morgan fingerprint density at radius 3 is 2.62 bits per heavy atom. The number of aliphatic imine (C=N–C) groups is 1. The van der Waals surface area contributed by atoms with E-state index >= 15 is 0 Å². The van der Waals surface area contributed by atoms with E-state index in [1.54, 1.807) is 0 Å². The highest BCUT2D eigenvalue weighted by molar-refractivity contribution is 14.2. The molecular weight excluding hydrogens is 607 g/mol. The van der Waals surface area contributed by atoms with Crippen LogP contribution in [0.15, 0.2) is 57.7 Å². The van der Waals surface area contributed by atoms with E-state index < -0.39 is 0 Å². The molecule has 0 bridgehead atoms. The predicted octanol–water partition coefficient (Wildman–Crippen LogP) is 6.34. The molecule has 0 radical (unpaired) electrons. The van der Waals surface area contributed by atoms with Gasteiger partial charge in [-0.2, -0.15) is 0 Å². The van der Waals surface area contributed by atoms with Crippen molar-refractivity contribution >= 4 is 41.6 Å². The quantitative estimate of drug-likeness (QED) is 0.138. The number of nitrogens with zero attached hydrogens (tertiary/aromatic N) is 5. The summed E-state index contributed by atoms with van der Waals surface area (Å²) in [6, 6.07) is 14.0. The van der Waals surface area contributed by atoms with E-state index in [1.165, 1.54) is 92.4 Å². The minimum atomic E-state index is -0.149. The van der Waals surface area contributed by atoms with Crippen LogP contribution in [0.5, 0.6) is 0 Å². The lowest BCUT2D eigenvalue weighted by Gasteiger charge is -2.26. The van der Waals surface area contributed by atoms with Gasteiger partial charge in [-0.1, -0.05) is 52.6 Å². The Hall–Kier alpha value is -2.10. The smallest absolute Gasteiger partial charge is 0.125 e. The Morgan fingerprint density at radius 1 is 1.00 bits per heavy atom. The lowest BCUT2D eigenvalue weighted by atomic mass is 10.1. The van der Waals surface area contributed by atoms with Gasteiger partial charge in [-0.3, -0.25) is 0 Å². The average Bonchev–Trinajstić information content (AvgIpc) is 3.80. The van der Waals surface area contributed by atoms with Crippen molar-refractivity contribution in [3.8, 4) is 0 Å². The van der Waals surface area contributed by atoms with E-state index in [9.17, 15) is 0 Å². The molecule has 2 aromatic rings. The van der Waals surface area contributed by atoms with Gasteiger partial charge in [0.2, 0.25) is 0 Å².